The first kappa shape index (κ1) is 19.5. The van der Waals surface area contributed by atoms with E-state index in [0.29, 0.717) is 10.8 Å². The molecule has 5 nitrogen and oxygen atoms in total. The van der Waals surface area contributed by atoms with E-state index in [2.05, 4.69) is 34.7 Å². The topological polar surface area (TPSA) is 71.1 Å². The van der Waals surface area contributed by atoms with Crippen LogP contribution in [0.15, 0.2) is 29.6 Å². The summed E-state index contributed by atoms with van der Waals surface area (Å²) in [5.41, 5.74) is 2.76. The molecule has 0 spiro atoms. The molecule has 0 aliphatic heterocycles. The summed E-state index contributed by atoms with van der Waals surface area (Å²) in [6.45, 7) is 2.18. The van der Waals surface area contributed by atoms with Crippen molar-refractivity contribution in [2.24, 2.45) is 5.92 Å². The lowest BCUT2D eigenvalue weighted by molar-refractivity contribution is -0.119. The van der Waals surface area contributed by atoms with Gasteiger partial charge in [-0.05, 0) is 43.4 Å². The highest BCUT2D eigenvalue weighted by Gasteiger charge is 2.23. The van der Waals surface area contributed by atoms with Crippen LogP contribution in [0, 0.1) is 5.92 Å². The van der Waals surface area contributed by atoms with Crippen LogP contribution < -0.4 is 10.6 Å². The molecular formula is C21H27N3O2S. The van der Waals surface area contributed by atoms with Gasteiger partial charge in [0.1, 0.15) is 0 Å². The van der Waals surface area contributed by atoms with E-state index in [0.717, 1.165) is 37.8 Å². The lowest BCUT2D eigenvalue weighted by Crippen LogP contribution is -2.20. The molecule has 2 aromatic rings. The molecule has 6 heteroatoms. The van der Waals surface area contributed by atoms with Gasteiger partial charge in [0.05, 0.1) is 12.1 Å². The molecule has 1 saturated carbocycles. The Bertz CT molecular complexity index is 764. The molecule has 0 saturated heterocycles. The van der Waals surface area contributed by atoms with Crippen molar-refractivity contribution in [3.8, 4) is 0 Å². The zero-order chi connectivity index (χ0) is 19.1. The van der Waals surface area contributed by atoms with Gasteiger partial charge in [0.15, 0.2) is 5.13 Å². The Morgan fingerprint density at radius 3 is 2.59 bits per heavy atom. The molecule has 2 N–H and O–H groups in total. The van der Waals surface area contributed by atoms with Crippen molar-refractivity contribution in [2.75, 3.05) is 10.6 Å². The fourth-order valence-corrected chi connectivity index (χ4v) is 4.06. The summed E-state index contributed by atoms with van der Waals surface area (Å²) in [6.07, 6.45) is 7.80. The van der Waals surface area contributed by atoms with Crippen LogP contribution in [-0.2, 0) is 22.4 Å². The summed E-state index contributed by atoms with van der Waals surface area (Å²) in [5, 5.41) is 8.20. The average molecular weight is 386 g/mol. The van der Waals surface area contributed by atoms with E-state index in [9.17, 15) is 9.59 Å². The van der Waals surface area contributed by atoms with E-state index in [1.807, 2.05) is 17.5 Å². The minimum atomic E-state index is -0.102. The number of hydrogen-bond acceptors (Lipinski definition) is 4. The quantitative estimate of drug-likeness (QED) is 0.686. The van der Waals surface area contributed by atoms with Crippen LogP contribution in [0.5, 0.6) is 0 Å². The number of aromatic nitrogens is 1. The van der Waals surface area contributed by atoms with Gasteiger partial charge in [0.2, 0.25) is 11.8 Å². The lowest BCUT2D eigenvalue weighted by atomic mass is 10.1. The summed E-state index contributed by atoms with van der Waals surface area (Å²) in [6, 6.07) is 8.00. The standard InChI is InChI=1S/C21H27N3O2S/c1-2-3-6-15-9-11-17(12-10-15)22-19(25)13-18-14-27-21(23-18)24-20(26)16-7-4-5-8-16/h9-12,14,16H,2-8,13H2,1H3,(H,22,25)(H,23,24,26). The second-order valence-corrected chi connectivity index (χ2v) is 8.00. The molecule has 0 atom stereocenters. The monoisotopic (exact) mass is 385 g/mol. The molecule has 144 valence electrons. The van der Waals surface area contributed by atoms with Crippen molar-refractivity contribution in [3.63, 3.8) is 0 Å². The van der Waals surface area contributed by atoms with Crippen LogP contribution in [0.4, 0.5) is 10.8 Å². The number of aryl methyl sites for hydroxylation is 1. The molecule has 1 aliphatic carbocycles. The Morgan fingerprint density at radius 1 is 1.15 bits per heavy atom. The molecule has 1 heterocycles. The summed E-state index contributed by atoms with van der Waals surface area (Å²) in [7, 11) is 0. The smallest absolute Gasteiger partial charge is 0.230 e. The van der Waals surface area contributed by atoms with Gasteiger partial charge in [-0.1, -0.05) is 38.3 Å². The van der Waals surface area contributed by atoms with Gasteiger partial charge in [0, 0.05) is 17.0 Å². The second-order valence-electron chi connectivity index (χ2n) is 7.14. The maximum absolute atomic E-state index is 12.2. The fourth-order valence-electron chi connectivity index (χ4n) is 3.35. The van der Waals surface area contributed by atoms with Gasteiger partial charge in [-0.3, -0.25) is 9.59 Å². The van der Waals surface area contributed by atoms with Gasteiger partial charge >= 0.3 is 0 Å². The van der Waals surface area contributed by atoms with Gasteiger partial charge in [-0.2, -0.15) is 0 Å². The molecule has 1 aromatic heterocycles. The minimum absolute atomic E-state index is 0.0565. The van der Waals surface area contributed by atoms with Crippen molar-refractivity contribution < 1.29 is 9.59 Å². The van der Waals surface area contributed by atoms with Crippen LogP contribution in [-0.4, -0.2) is 16.8 Å². The highest BCUT2D eigenvalue weighted by atomic mass is 32.1. The number of thiazole rings is 1. The third kappa shape index (κ3) is 5.89. The van der Waals surface area contributed by atoms with Gasteiger partial charge < -0.3 is 10.6 Å². The number of rotatable bonds is 8. The van der Waals surface area contributed by atoms with Crippen molar-refractivity contribution in [1.82, 2.24) is 4.98 Å². The molecule has 0 unspecified atom stereocenters. The number of hydrogen-bond donors (Lipinski definition) is 2. The first-order valence-electron chi connectivity index (χ1n) is 9.78. The van der Waals surface area contributed by atoms with Gasteiger partial charge in [-0.15, -0.1) is 11.3 Å². The number of unbranched alkanes of at least 4 members (excludes halogenated alkanes) is 1. The summed E-state index contributed by atoms with van der Waals surface area (Å²) in [4.78, 5) is 28.8. The molecular weight excluding hydrogens is 358 g/mol. The highest BCUT2D eigenvalue weighted by Crippen LogP contribution is 2.26. The van der Waals surface area contributed by atoms with Crippen molar-refractivity contribution in [1.29, 1.82) is 0 Å². The van der Waals surface area contributed by atoms with Crippen LogP contribution in [0.1, 0.15) is 56.7 Å². The Balaban J connectivity index is 1.48. The Labute approximate surface area is 164 Å². The number of carbonyl (C=O) groups excluding carboxylic acids is 2. The average Bonchev–Trinajstić information content (AvgIpc) is 3.33. The van der Waals surface area contributed by atoms with E-state index < -0.39 is 0 Å². The number of nitrogens with zero attached hydrogens (tertiary/aromatic N) is 1. The maximum Gasteiger partial charge on any atom is 0.230 e. The molecule has 0 bridgehead atoms. The van der Waals surface area contributed by atoms with Crippen molar-refractivity contribution in [2.45, 2.75) is 58.3 Å². The molecule has 2 amide bonds. The highest BCUT2D eigenvalue weighted by molar-refractivity contribution is 7.13. The van der Waals surface area contributed by atoms with E-state index in [1.165, 1.54) is 29.7 Å². The molecule has 1 aliphatic rings. The number of anilines is 2. The van der Waals surface area contributed by atoms with Crippen LogP contribution >= 0.6 is 11.3 Å². The summed E-state index contributed by atoms with van der Waals surface area (Å²) in [5.74, 6) is 0.0669. The third-order valence-corrected chi connectivity index (χ3v) is 5.71. The normalized spacial score (nSPS) is 14.3. The second kappa shape index (κ2) is 9.65. The number of amides is 2. The van der Waals surface area contributed by atoms with Crippen LogP contribution in [0.25, 0.3) is 0 Å². The lowest BCUT2D eigenvalue weighted by Gasteiger charge is -2.07. The van der Waals surface area contributed by atoms with E-state index in [1.54, 1.807) is 0 Å². The number of benzene rings is 1. The van der Waals surface area contributed by atoms with Crippen LogP contribution in [0.2, 0.25) is 0 Å². The molecule has 1 fully saturated rings. The van der Waals surface area contributed by atoms with Crippen LogP contribution in [0.3, 0.4) is 0 Å². The van der Waals surface area contributed by atoms with Crippen molar-refractivity contribution >= 4 is 34.0 Å². The van der Waals surface area contributed by atoms with Crippen molar-refractivity contribution in [3.05, 3.63) is 40.9 Å². The first-order chi connectivity index (χ1) is 13.1. The van der Waals surface area contributed by atoms with E-state index in [-0.39, 0.29) is 24.2 Å². The Morgan fingerprint density at radius 2 is 1.89 bits per heavy atom. The van der Waals surface area contributed by atoms with Gasteiger partial charge in [0.25, 0.3) is 0 Å². The SMILES string of the molecule is CCCCc1ccc(NC(=O)Cc2csc(NC(=O)C3CCCC3)n2)cc1. The molecule has 27 heavy (non-hydrogen) atoms. The largest absolute Gasteiger partial charge is 0.326 e. The third-order valence-electron chi connectivity index (χ3n) is 4.91. The zero-order valence-corrected chi connectivity index (χ0v) is 16.6. The molecule has 0 radical (unpaired) electrons. The van der Waals surface area contributed by atoms with E-state index in [4.69, 9.17) is 0 Å². The van der Waals surface area contributed by atoms with E-state index >= 15 is 0 Å². The predicted octanol–water partition coefficient (Wildman–Crippen LogP) is 4.80. The minimum Gasteiger partial charge on any atom is -0.326 e. The molecule has 3 rings (SSSR count). The predicted molar refractivity (Wildman–Crippen MR) is 110 cm³/mol. The molecule has 1 aromatic carbocycles. The number of nitrogens with one attached hydrogen (secondary N) is 2. The zero-order valence-electron chi connectivity index (χ0n) is 15.8. The van der Waals surface area contributed by atoms with Gasteiger partial charge in [-0.25, -0.2) is 4.98 Å². The number of carbonyl (C=O) groups is 2. The first-order valence-corrected chi connectivity index (χ1v) is 10.7. The Kier molecular flexibility index (Phi) is 6.98. The Hall–Kier alpha value is -2.21. The summed E-state index contributed by atoms with van der Waals surface area (Å²) < 4.78 is 0. The summed E-state index contributed by atoms with van der Waals surface area (Å²) >= 11 is 1.37. The fraction of sp³-hybridized carbons (Fsp3) is 0.476. The maximum atomic E-state index is 12.2.